The van der Waals surface area contributed by atoms with E-state index in [0.717, 1.165) is 36.9 Å². The SMILES string of the molecule is CCS(=O)(=O)N1CCC2(CC1)C(=O)N(C)c1ccc(C(=O)NC3CCCC3)cc12. The molecule has 0 atom stereocenters. The van der Waals surface area contributed by atoms with E-state index in [2.05, 4.69) is 5.32 Å². The predicted molar refractivity (Wildman–Crippen MR) is 112 cm³/mol. The molecular formula is C21H29N3O4S. The number of piperidine rings is 1. The summed E-state index contributed by atoms with van der Waals surface area (Å²) in [5.74, 6) is -0.0344. The monoisotopic (exact) mass is 419 g/mol. The Morgan fingerprint density at radius 3 is 2.48 bits per heavy atom. The average Bonchev–Trinajstić information content (AvgIpc) is 3.30. The third-order valence-corrected chi connectivity index (χ3v) is 8.76. The maximum atomic E-state index is 13.2. The molecule has 1 spiro atoms. The molecule has 1 aromatic carbocycles. The van der Waals surface area contributed by atoms with Gasteiger partial charge >= 0.3 is 0 Å². The summed E-state index contributed by atoms with van der Waals surface area (Å²) >= 11 is 0. The van der Waals surface area contributed by atoms with E-state index in [1.165, 1.54) is 4.31 Å². The Kier molecular flexibility index (Phi) is 5.19. The van der Waals surface area contributed by atoms with Gasteiger partial charge in [0, 0.05) is 37.4 Å². The van der Waals surface area contributed by atoms with Gasteiger partial charge in [0.1, 0.15) is 0 Å². The van der Waals surface area contributed by atoms with Gasteiger partial charge in [0.15, 0.2) is 0 Å². The summed E-state index contributed by atoms with van der Waals surface area (Å²) in [6.07, 6.45) is 5.21. The van der Waals surface area contributed by atoms with E-state index in [4.69, 9.17) is 0 Å². The van der Waals surface area contributed by atoms with Crippen LogP contribution in [0.2, 0.25) is 0 Å². The number of carbonyl (C=O) groups is 2. The quantitative estimate of drug-likeness (QED) is 0.809. The van der Waals surface area contributed by atoms with Crippen LogP contribution < -0.4 is 10.2 Å². The van der Waals surface area contributed by atoms with Crippen molar-refractivity contribution in [1.29, 1.82) is 0 Å². The van der Waals surface area contributed by atoms with Crippen molar-refractivity contribution >= 4 is 27.5 Å². The maximum absolute atomic E-state index is 13.2. The molecule has 158 valence electrons. The van der Waals surface area contributed by atoms with E-state index in [1.54, 1.807) is 24.9 Å². The van der Waals surface area contributed by atoms with E-state index < -0.39 is 15.4 Å². The summed E-state index contributed by atoms with van der Waals surface area (Å²) < 4.78 is 26.0. The lowest BCUT2D eigenvalue weighted by Crippen LogP contribution is -2.49. The van der Waals surface area contributed by atoms with Crippen LogP contribution in [-0.4, -0.2) is 56.5 Å². The minimum atomic E-state index is -3.27. The minimum Gasteiger partial charge on any atom is -0.349 e. The smallest absolute Gasteiger partial charge is 0.251 e. The van der Waals surface area contributed by atoms with Crippen molar-refractivity contribution in [2.45, 2.75) is 56.9 Å². The first kappa shape index (κ1) is 20.3. The number of fused-ring (bicyclic) bond motifs is 2. The van der Waals surface area contributed by atoms with Gasteiger partial charge in [-0.25, -0.2) is 12.7 Å². The summed E-state index contributed by atoms with van der Waals surface area (Å²) in [5.41, 5.74) is 1.51. The molecule has 2 aliphatic heterocycles. The number of hydrogen-bond acceptors (Lipinski definition) is 4. The van der Waals surface area contributed by atoms with Gasteiger partial charge in [-0.2, -0.15) is 0 Å². The molecule has 0 unspecified atom stereocenters. The summed E-state index contributed by atoms with van der Waals surface area (Å²) in [6.45, 7) is 2.29. The highest BCUT2D eigenvalue weighted by molar-refractivity contribution is 7.89. The molecule has 1 N–H and O–H groups in total. The molecule has 8 heteroatoms. The molecule has 0 bridgehead atoms. The highest BCUT2D eigenvalue weighted by atomic mass is 32.2. The Labute approximate surface area is 172 Å². The lowest BCUT2D eigenvalue weighted by molar-refractivity contribution is -0.124. The van der Waals surface area contributed by atoms with Crippen LogP contribution in [0, 0.1) is 0 Å². The van der Waals surface area contributed by atoms with Crippen molar-refractivity contribution in [3.05, 3.63) is 29.3 Å². The first-order valence-corrected chi connectivity index (χ1v) is 12.1. The number of carbonyl (C=O) groups excluding carboxylic acids is 2. The number of sulfonamides is 1. The van der Waals surface area contributed by atoms with E-state index in [-0.39, 0.29) is 23.6 Å². The molecule has 0 radical (unpaired) electrons. The topological polar surface area (TPSA) is 86.8 Å². The molecule has 4 rings (SSSR count). The third kappa shape index (κ3) is 3.36. The fraction of sp³-hybridized carbons (Fsp3) is 0.619. The van der Waals surface area contributed by atoms with Gasteiger partial charge in [0.25, 0.3) is 5.91 Å². The van der Waals surface area contributed by atoms with Crippen LogP contribution in [0.4, 0.5) is 5.69 Å². The molecule has 7 nitrogen and oxygen atoms in total. The second kappa shape index (κ2) is 7.40. The van der Waals surface area contributed by atoms with Crippen LogP contribution in [0.25, 0.3) is 0 Å². The van der Waals surface area contributed by atoms with E-state index in [1.807, 2.05) is 12.1 Å². The molecule has 2 amide bonds. The van der Waals surface area contributed by atoms with E-state index >= 15 is 0 Å². The Morgan fingerprint density at radius 2 is 1.86 bits per heavy atom. The molecular weight excluding hydrogens is 390 g/mol. The highest BCUT2D eigenvalue weighted by Gasteiger charge is 2.52. The Hall–Kier alpha value is -1.93. The van der Waals surface area contributed by atoms with Gasteiger partial charge < -0.3 is 10.2 Å². The zero-order valence-corrected chi connectivity index (χ0v) is 17.9. The summed E-state index contributed by atoms with van der Waals surface area (Å²) in [4.78, 5) is 27.6. The first-order valence-electron chi connectivity index (χ1n) is 10.5. The van der Waals surface area contributed by atoms with Crippen molar-refractivity contribution in [1.82, 2.24) is 9.62 Å². The third-order valence-electron chi connectivity index (χ3n) is 6.87. The van der Waals surface area contributed by atoms with Crippen LogP contribution >= 0.6 is 0 Å². The van der Waals surface area contributed by atoms with Crippen LogP contribution in [0.3, 0.4) is 0 Å². The number of nitrogens with one attached hydrogen (secondary N) is 1. The van der Waals surface area contributed by atoms with Crippen molar-refractivity contribution in [3.63, 3.8) is 0 Å². The minimum absolute atomic E-state index is 0.00519. The molecule has 1 saturated heterocycles. The number of nitrogens with zero attached hydrogens (tertiary/aromatic N) is 2. The summed E-state index contributed by atoms with van der Waals surface area (Å²) in [7, 11) is -1.51. The summed E-state index contributed by atoms with van der Waals surface area (Å²) in [5, 5.41) is 3.11. The van der Waals surface area contributed by atoms with Crippen molar-refractivity contribution < 1.29 is 18.0 Å². The second-order valence-corrected chi connectivity index (χ2v) is 10.7. The van der Waals surface area contributed by atoms with E-state index in [9.17, 15) is 18.0 Å². The molecule has 3 aliphatic rings. The summed E-state index contributed by atoms with van der Waals surface area (Å²) in [6, 6.07) is 5.71. The number of amides is 2. The van der Waals surface area contributed by atoms with Crippen molar-refractivity contribution in [2.24, 2.45) is 0 Å². The Morgan fingerprint density at radius 1 is 1.21 bits per heavy atom. The number of rotatable bonds is 4. The molecule has 1 saturated carbocycles. The molecule has 29 heavy (non-hydrogen) atoms. The molecule has 2 heterocycles. The van der Waals surface area contributed by atoms with Gasteiger partial charge in [-0.05, 0) is 56.4 Å². The number of benzene rings is 1. The average molecular weight is 420 g/mol. The van der Waals surface area contributed by atoms with Gasteiger partial charge in [-0.3, -0.25) is 9.59 Å². The lowest BCUT2D eigenvalue weighted by Gasteiger charge is -2.37. The largest absolute Gasteiger partial charge is 0.349 e. The van der Waals surface area contributed by atoms with Crippen LogP contribution in [0.15, 0.2) is 18.2 Å². The normalized spacial score (nSPS) is 22.3. The zero-order chi connectivity index (χ0) is 20.8. The Bertz CT molecular complexity index is 929. The van der Waals surface area contributed by atoms with Crippen LogP contribution in [0.1, 0.15) is 61.4 Å². The molecule has 1 aromatic rings. The molecule has 1 aliphatic carbocycles. The van der Waals surface area contributed by atoms with Gasteiger partial charge in [0.2, 0.25) is 15.9 Å². The highest BCUT2D eigenvalue weighted by Crippen LogP contribution is 2.48. The van der Waals surface area contributed by atoms with Gasteiger partial charge in [-0.1, -0.05) is 12.8 Å². The second-order valence-electron chi connectivity index (χ2n) is 8.43. The number of likely N-dealkylation sites (N-methyl/N-ethyl adjacent to an activating group) is 1. The fourth-order valence-corrected chi connectivity index (χ4v) is 6.15. The number of hydrogen-bond donors (Lipinski definition) is 1. The van der Waals surface area contributed by atoms with E-state index in [0.29, 0.717) is 31.5 Å². The predicted octanol–water partition coefficient (Wildman–Crippen LogP) is 2.02. The number of anilines is 1. The van der Waals surface area contributed by atoms with Crippen molar-refractivity contribution in [3.8, 4) is 0 Å². The fourth-order valence-electron chi connectivity index (χ4n) is 5.05. The maximum Gasteiger partial charge on any atom is 0.251 e. The van der Waals surface area contributed by atoms with Gasteiger partial charge in [-0.15, -0.1) is 0 Å². The first-order chi connectivity index (χ1) is 13.8. The molecule has 2 fully saturated rings. The standard InChI is InChI=1S/C21H29N3O4S/c1-3-29(27,28)24-12-10-21(11-13-24)17-14-15(8-9-18(17)23(2)20(21)26)19(25)22-16-6-4-5-7-16/h8-9,14,16H,3-7,10-13H2,1-2H3,(H,22,25). The van der Waals surface area contributed by atoms with Crippen LogP contribution in [0.5, 0.6) is 0 Å². The Balaban J connectivity index is 1.62. The lowest BCUT2D eigenvalue weighted by atomic mass is 9.74. The molecule has 0 aromatic heterocycles. The van der Waals surface area contributed by atoms with Crippen LogP contribution in [-0.2, 0) is 20.2 Å². The zero-order valence-electron chi connectivity index (χ0n) is 17.1. The van der Waals surface area contributed by atoms with Crippen molar-refractivity contribution in [2.75, 3.05) is 30.8 Å². The van der Waals surface area contributed by atoms with Gasteiger partial charge in [0.05, 0.1) is 11.2 Å².